The molecule has 0 N–H and O–H groups in total. The molecule has 0 aromatic heterocycles. The van der Waals surface area contributed by atoms with Crippen LogP contribution in [0.25, 0.3) is 10.8 Å². The summed E-state index contributed by atoms with van der Waals surface area (Å²) in [7, 11) is 0. The molecule has 0 heterocycles. The summed E-state index contributed by atoms with van der Waals surface area (Å²) < 4.78 is 11.5. The van der Waals surface area contributed by atoms with E-state index in [1.165, 1.54) is 27.8 Å². The average molecular weight is 503 g/mol. The molecule has 0 fully saturated rings. The zero-order chi connectivity index (χ0) is 26.6. The molecule has 7 rings (SSSR count). The Balaban J connectivity index is 1.37. The molecule has 0 saturated carbocycles. The van der Waals surface area contributed by atoms with Gasteiger partial charge in [0.1, 0.15) is 11.5 Å². The second-order valence-corrected chi connectivity index (χ2v) is 11.2. The maximum Gasteiger partial charge on any atom is 0.335 e. The van der Waals surface area contributed by atoms with Gasteiger partial charge >= 0.3 is 11.9 Å². The lowest BCUT2D eigenvalue weighted by molar-refractivity contribution is -0.140. The Labute approximate surface area is 222 Å². The molecule has 190 valence electrons. The summed E-state index contributed by atoms with van der Waals surface area (Å²) in [5, 5.41) is 1.41. The highest BCUT2D eigenvalue weighted by Crippen LogP contribution is 2.56. The predicted octanol–water partition coefficient (Wildman–Crippen LogP) is 7.43. The molecule has 4 aromatic carbocycles. The van der Waals surface area contributed by atoms with Crippen LogP contribution in [-0.4, -0.2) is 11.9 Å². The third-order valence-corrected chi connectivity index (χ3v) is 8.00. The summed E-state index contributed by atoms with van der Waals surface area (Å²) in [6.45, 7) is 10.2. The van der Waals surface area contributed by atoms with Gasteiger partial charge < -0.3 is 9.47 Å². The van der Waals surface area contributed by atoms with Gasteiger partial charge in [0, 0.05) is 28.7 Å². The molecule has 0 spiro atoms. The van der Waals surface area contributed by atoms with Gasteiger partial charge in [0.15, 0.2) is 0 Å². The van der Waals surface area contributed by atoms with E-state index in [0.29, 0.717) is 28.7 Å². The Bertz CT molecular complexity index is 1610. The van der Waals surface area contributed by atoms with Crippen LogP contribution in [0.2, 0.25) is 0 Å². The average Bonchev–Trinajstić information content (AvgIpc) is 2.93. The lowest BCUT2D eigenvalue weighted by atomic mass is 9.58. The first kappa shape index (κ1) is 24.2. The molecule has 3 atom stereocenters. The van der Waals surface area contributed by atoms with Gasteiger partial charge in [-0.1, -0.05) is 94.1 Å². The number of esters is 2. The molecule has 3 aliphatic carbocycles. The first-order valence-corrected chi connectivity index (χ1v) is 13.1. The molecule has 4 heteroatoms. The molecule has 4 aromatic rings. The lowest BCUT2D eigenvalue weighted by Crippen LogP contribution is -2.38. The standard InChI is InChI=1S/C34H30O4/c1-5-31(35)37-29-16-17-30(23-12-8-7-11-22(23)29)38-33(36)28-19-27-21-10-6-9-13-24(21)32(28)25-15-14-20(18-26(25)27)34(2,3)4/h5-18,27-28,32H,1,19H2,2-4H3. The summed E-state index contributed by atoms with van der Waals surface area (Å²) >= 11 is 0. The Morgan fingerprint density at radius 1 is 0.789 bits per heavy atom. The van der Waals surface area contributed by atoms with Gasteiger partial charge in [-0.15, -0.1) is 0 Å². The number of benzene rings is 4. The number of hydrogen-bond acceptors (Lipinski definition) is 4. The first-order valence-electron chi connectivity index (χ1n) is 13.1. The van der Waals surface area contributed by atoms with Crippen LogP contribution in [0.5, 0.6) is 11.5 Å². The van der Waals surface area contributed by atoms with Gasteiger partial charge in [-0.3, -0.25) is 4.79 Å². The topological polar surface area (TPSA) is 52.6 Å². The minimum atomic E-state index is -0.537. The van der Waals surface area contributed by atoms with Crippen molar-refractivity contribution in [3.05, 3.63) is 119 Å². The summed E-state index contributed by atoms with van der Waals surface area (Å²) in [5.41, 5.74) is 6.47. The lowest BCUT2D eigenvalue weighted by Gasteiger charge is -2.45. The number of carbonyl (C=O) groups excluding carboxylic acids is 2. The van der Waals surface area contributed by atoms with Crippen molar-refractivity contribution in [1.29, 1.82) is 0 Å². The molecule has 3 unspecified atom stereocenters. The molecule has 38 heavy (non-hydrogen) atoms. The van der Waals surface area contributed by atoms with E-state index in [2.05, 4.69) is 69.8 Å². The monoisotopic (exact) mass is 502 g/mol. The normalized spacial score (nSPS) is 19.4. The highest BCUT2D eigenvalue weighted by Gasteiger charge is 2.47. The summed E-state index contributed by atoms with van der Waals surface area (Å²) in [5.74, 6) is -0.0945. The van der Waals surface area contributed by atoms with Gasteiger partial charge in [0.05, 0.1) is 5.92 Å². The van der Waals surface area contributed by atoms with Gasteiger partial charge in [-0.2, -0.15) is 0 Å². The van der Waals surface area contributed by atoms with Crippen LogP contribution in [0.1, 0.15) is 66.8 Å². The molecule has 0 radical (unpaired) electrons. The van der Waals surface area contributed by atoms with Crippen LogP contribution in [-0.2, 0) is 15.0 Å². The van der Waals surface area contributed by atoms with Crippen LogP contribution in [0.3, 0.4) is 0 Å². The fraction of sp³-hybridized carbons (Fsp3) is 0.235. The van der Waals surface area contributed by atoms with E-state index < -0.39 is 5.97 Å². The van der Waals surface area contributed by atoms with Crippen molar-refractivity contribution in [3.63, 3.8) is 0 Å². The molecule has 0 saturated heterocycles. The number of rotatable bonds is 4. The van der Waals surface area contributed by atoms with Gasteiger partial charge in [0.25, 0.3) is 0 Å². The number of carbonyl (C=O) groups is 2. The zero-order valence-corrected chi connectivity index (χ0v) is 21.9. The van der Waals surface area contributed by atoms with Crippen molar-refractivity contribution in [1.82, 2.24) is 0 Å². The highest BCUT2D eigenvalue weighted by molar-refractivity contribution is 5.97. The smallest absolute Gasteiger partial charge is 0.335 e. The van der Waals surface area contributed by atoms with E-state index in [4.69, 9.17) is 9.47 Å². The molecule has 4 nitrogen and oxygen atoms in total. The first-order chi connectivity index (χ1) is 18.3. The zero-order valence-electron chi connectivity index (χ0n) is 21.9. The second-order valence-electron chi connectivity index (χ2n) is 11.2. The van der Waals surface area contributed by atoms with Gasteiger partial charge in [-0.05, 0) is 51.8 Å². The van der Waals surface area contributed by atoms with E-state index in [1.54, 1.807) is 12.1 Å². The van der Waals surface area contributed by atoms with Crippen molar-refractivity contribution in [2.45, 2.75) is 44.4 Å². The van der Waals surface area contributed by atoms with Crippen LogP contribution in [0.4, 0.5) is 0 Å². The Morgan fingerprint density at radius 3 is 2.05 bits per heavy atom. The van der Waals surface area contributed by atoms with Crippen molar-refractivity contribution >= 4 is 22.7 Å². The maximum absolute atomic E-state index is 13.8. The third-order valence-electron chi connectivity index (χ3n) is 8.00. The number of ether oxygens (including phenoxy) is 2. The Hall–Kier alpha value is -4.18. The number of fused-ring (bicyclic) bond motifs is 2. The highest BCUT2D eigenvalue weighted by atomic mass is 16.5. The Kier molecular flexibility index (Phi) is 5.71. The molecular formula is C34H30O4. The van der Waals surface area contributed by atoms with Crippen molar-refractivity contribution in [2.24, 2.45) is 5.92 Å². The molecule has 0 amide bonds. The van der Waals surface area contributed by atoms with Gasteiger partial charge in [-0.25, -0.2) is 4.79 Å². The SMILES string of the molecule is C=CC(=O)Oc1ccc(OC(=O)C2CC3c4ccccc4C2c2ccc(C(C)(C)C)cc23)c2ccccc12. The van der Waals surface area contributed by atoms with Crippen molar-refractivity contribution < 1.29 is 19.1 Å². The fourth-order valence-corrected chi connectivity index (χ4v) is 6.14. The minimum absolute atomic E-state index is 0.0493. The number of hydrogen-bond donors (Lipinski definition) is 0. The van der Waals surface area contributed by atoms with E-state index >= 15 is 0 Å². The predicted molar refractivity (Wildman–Crippen MR) is 149 cm³/mol. The van der Waals surface area contributed by atoms with E-state index in [9.17, 15) is 9.59 Å². The summed E-state index contributed by atoms with van der Waals surface area (Å²) in [6.07, 6.45) is 1.84. The Morgan fingerprint density at radius 2 is 1.39 bits per heavy atom. The van der Waals surface area contributed by atoms with E-state index in [0.717, 1.165) is 6.08 Å². The van der Waals surface area contributed by atoms with Crippen LogP contribution in [0.15, 0.2) is 91.5 Å². The molecule has 2 bridgehead atoms. The molecular weight excluding hydrogens is 472 g/mol. The van der Waals surface area contributed by atoms with E-state index in [1.807, 2.05) is 24.3 Å². The largest absolute Gasteiger partial charge is 0.426 e. The quantitative estimate of drug-likeness (QED) is 0.165. The van der Waals surface area contributed by atoms with E-state index in [-0.39, 0.29) is 29.1 Å². The summed E-state index contributed by atoms with van der Waals surface area (Å²) in [6, 6.07) is 26.1. The molecule has 3 aliphatic rings. The van der Waals surface area contributed by atoms with Crippen LogP contribution in [0, 0.1) is 5.92 Å². The van der Waals surface area contributed by atoms with Crippen molar-refractivity contribution in [2.75, 3.05) is 0 Å². The third kappa shape index (κ3) is 3.92. The van der Waals surface area contributed by atoms with Crippen LogP contribution >= 0.6 is 0 Å². The minimum Gasteiger partial charge on any atom is -0.426 e. The van der Waals surface area contributed by atoms with Crippen molar-refractivity contribution in [3.8, 4) is 11.5 Å². The fourth-order valence-electron chi connectivity index (χ4n) is 6.14. The van der Waals surface area contributed by atoms with Crippen LogP contribution < -0.4 is 9.47 Å². The molecule has 0 aliphatic heterocycles. The second kappa shape index (κ2) is 8.98. The summed E-state index contributed by atoms with van der Waals surface area (Å²) in [4.78, 5) is 25.7. The maximum atomic E-state index is 13.8. The van der Waals surface area contributed by atoms with Gasteiger partial charge in [0.2, 0.25) is 0 Å².